The van der Waals surface area contributed by atoms with Gasteiger partial charge in [0.2, 0.25) is 0 Å². The van der Waals surface area contributed by atoms with E-state index in [1.165, 1.54) is 12.1 Å². The standard InChI is InChI=1S/C15H15ClO4S/c1-10(17)11-3-8-15(14(16)9-11)20-12-4-6-13(7-5-12)21(2,18)19/h3-10,17H,1-2H3/t10-/m0/s1. The lowest BCUT2D eigenvalue weighted by Crippen LogP contribution is -1.96. The lowest BCUT2D eigenvalue weighted by Gasteiger charge is -2.11. The van der Waals surface area contributed by atoms with Gasteiger partial charge in [-0.1, -0.05) is 17.7 Å². The topological polar surface area (TPSA) is 63.6 Å². The van der Waals surface area contributed by atoms with Gasteiger partial charge in [0.05, 0.1) is 16.0 Å². The molecule has 0 radical (unpaired) electrons. The number of rotatable bonds is 4. The van der Waals surface area contributed by atoms with Gasteiger partial charge in [0.1, 0.15) is 11.5 Å². The second-order valence-electron chi connectivity index (χ2n) is 4.71. The average molecular weight is 327 g/mol. The first-order chi connectivity index (χ1) is 9.77. The summed E-state index contributed by atoms with van der Waals surface area (Å²) >= 11 is 6.10. The summed E-state index contributed by atoms with van der Waals surface area (Å²) in [6.45, 7) is 1.65. The predicted octanol–water partition coefficient (Wildman–Crippen LogP) is 3.59. The molecule has 6 heteroatoms. The number of ether oxygens (including phenoxy) is 1. The zero-order valence-corrected chi connectivity index (χ0v) is 13.1. The summed E-state index contributed by atoms with van der Waals surface area (Å²) in [6.07, 6.45) is 0.541. The van der Waals surface area contributed by atoms with Gasteiger partial charge in [-0.05, 0) is 48.9 Å². The molecule has 0 heterocycles. The fourth-order valence-corrected chi connectivity index (χ4v) is 2.60. The van der Waals surface area contributed by atoms with Crippen molar-refractivity contribution in [1.82, 2.24) is 0 Å². The van der Waals surface area contributed by atoms with Crippen molar-refractivity contribution in [2.75, 3.05) is 6.26 Å². The zero-order chi connectivity index (χ0) is 15.6. The molecule has 0 aliphatic rings. The Balaban J connectivity index is 2.22. The number of sulfone groups is 1. The minimum atomic E-state index is -3.23. The van der Waals surface area contributed by atoms with Crippen LogP contribution >= 0.6 is 11.6 Å². The molecule has 0 aliphatic heterocycles. The molecule has 0 saturated heterocycles. The summed E-state index contributed by atoms with van der Waals surface area (Å²) in [5.74, 6) is 0.919. The van der Waals surface area contributed by atoms with Gasteiger partial charge >= 0.3 is 0 Å². The number of halogens is 1. The van der Waals surface area contributed by atoms with Gasteiger partial charge < -0.3 is 9.84 Å². The summed E-state index contributed by atoms with van der Waals surface area (Å²) in [5, 5.41) is 9.85. The van der Waals surface area contributed by atoms with Gasteiger partial charge in [0.15, 0.2) is 9.84 Å². The van der Waals surface area contributed by atoms with Crippen LogP contribution in [0, 0.1) is 0 Å². The molecule has 0 amide bonds. The van der Waals surface area contributed by atoms with E-state index in [0.29, 0.717) is 22.1 Å². The first-order valence-electron chi connectivity index (χ1n) is 6.23. The fourth-order valence-electron chi connectivity index (χ4n) is 1.74. The smallest absolute Gasteiger partial charge is 0.175 e. The molecule has 0 spiro atoms. The van der Waals surface area contributed by atoms with Crippen LogP contribution in [0.1, 0.15) is 18.6 Å². The third-order valence-corrected chi connectivity index (χ3v) is 4.34. The second kappa shape index (κ2) is 6.05. The molecule has 2 aromatic rings. The number of aliphatic hydroxyl groups excluding tert-OH is 1. The molecule has 0 unspecified atom stereocenters. The zero-order valence-electron chi connectivity index (χ0n) is 11.6. The van der Waals surface area contributed by atoms with E-state index in [9.17, 15) is 13.5 Å². The normalized spacial score (nSPS) is 13.0. The molecular weight excluding hydrogens is 312 g/mol. The molecule has 2 aromatic carbocycles. The minimum absolute atomic E-state index is 0.227. The van der Waals surface area contributed by atoms with E-state index in [-0.39, 0.29) is 4.90 Å². The molecule has 4 nitrogen and oxygen atoms in total. The van der Waals surface area contributed by atoms with Crippen molar-refractivity contribution < 1.29 is 18.3 Å². The molecule has 1 atom stereocenters. The summed E-state index contributed by atoms with van der Waals surface area (Å²) in [7, 11) is -3.23. The van der Waals surface area contributed by atoms with Crippen LogP contribution in [0.25, 0.3) is 0 Å². The number of benzene rings is 2. The van der Waals surface area contributed by atoms with Crippen LogP contribution in [0.2, 0.25) is 5.02 Å². The van der Waals surface area contributed by atoms with E-state index < -0.39 is 15.9 Å². The van der Waals surface area contributed by atoms with Crippen molar-refractivity contribution >= 4 is 21.4 Å². The van der Waals surface area contributed by atoms with Crippen LogP contribution in [0.15, 0.2) is 47.4 Å². The fraction of sp³-hybridized carbons (Fsp3) is 0.200. The third-order valence-electron chi connectivity index (χ3n) is 2.92. The molecule has 1 N–H and O–H groups in total. The summed E-state index contributed by atoms with van der Waals surface area (Å²) in [5.41, 5.74) is 0.694. The Labute approximate surface area is 128 Å². The van der Waals surface area contributed by atoms with E-state index in [4.69, 9.17) is 16.3 Å². The first-order valence-corrected chi connectivity index (χ1v) is 8.50. The van der Waals surface area contributed by atoms with Crippen LogP contribution in [0.4, 0.5) is 0 Å². The van der Waals surface area contributed by atoms with Gasteiger partial charge in [-0.15, -0.1) is 0 Å². The molecule has 21 heavy (non-hydrogen) atoms. The largest absolute Gasteiger partial charge is 0.456 e. The van der Waals surface area contributed by atoms with Gasteiger partial charge in [0.25, 0.3) is 0 Å². The Morgan fingerprint density at radius 3 is 2.24 bits per heavy atom. The van der Waals surface area contributed by atoms with Crippen LogP contribution in [-0.2, 0) is 9.84 Å². The third kappa shape index (κ3) is 3.97. The number of hydrogen-bond acceptors (Lipinski definition) is 4. The molecule has 0 fully saturated rings. The lowest BCUT2D eigenvalue weighted by atomic mass is 10.1. The van der Waals surface area contributed by atoms with E-state index in [1.807, 2.05) is 0 Å². The monoisotopic (exact) mass is 326 g/mol. The van der Waals surface area contributed by atoms with Gasteiger partial charge in [-0.2, -0.15) is 0 Å². The highest BCUT2D eigenvalue weighted by Gasteiger charge is 2.09. The number of aliphatic hydroxyl groups is 1. The van der Waals surface area contributed by atoms with E-state index >= 15 is 0 Å². The quantitative estimate of drug-likeness (QED) is 0.932. The molecule has 0 bridgehead atoms. The first kappa shape index (κ1) is 15.8. The molecule has 112 valence electrons. The molecule has 2 rings (SSSR count). The lowest BCUT2D eigenvalue weighted by molar-refractivity contribution is 0.199. The van der Waals surface area contributed by atoms with Crippen LogP contribution in [0.5, 0.6) is 11.5 Å². The maximum Gasteiger partial charge on any atom is 0.175 e. The highest BCUT2D eigenvalue weighted by Crippen LogP contribution is 2.32. The van der Waals surface area contributed by atoms with Crippen molar-refractivity contribution in [2.24, 2.45) is 0 Å². The highest BCUT2D eigenvalue weighted by atomic mass is 35.5. The van der Waals surface area contributed by atoms with Gasteiger partial charge in [-0.3, -0.25) is 0 Å². The minimum Gasteiger partial charge on any atom is -0.456 e. The molecule has 0 saturated carbocycles. The van der Waals surface area contributed by atoms with Crippen molar-refractivity contribution in [2.45, 2.75) is 17.9 Å². The van der Waals surface area contributed by atoms with E-state index in [2.05, 4.69) is 0 Å². The maximum atomic E-state index is 11.4. The van der Waals surface area contributed by atoms with Crippen molar-refractivity contribution in [3.63, 3.8) is 0 Å². The van der Waals surface area contributed by atoms with Crippen molar-refractivity contribution in [1.29, 1.82) is 0 Å². The highest BCUT2D eigenvalue weighted by molar-refractivity contribution is 7.90. The van der Waals surface area contributed by atoms with Crippen molar-refractivity contribution in [3.8, 4) is 11.5 Å². The Morgan fingerprint density at radius 1 is 1.14 bits per heavy atom. The molecule has 0 aromatic heterocycles. The van der Waals surface area contributed by atoms with E-state index in [1.54, 1.807) is 37.3 Å². The number of hydrogen-bond donors (Lipinski definition) is 1. The summed E-state index contributed by atoms with van der Waals surface area (Å²) < 4.78 is 28.3. The predicted molar refractivity (Wildman–Crippen MR) is 81.7 cm³/mol. The van der Waals surface area contributed by atoms with Crippen LogP contribution in [-0.4, -0.2) is 19.8 Å². The molecular formula is C15H15ClO4S. The average Bonchev–Trinajstić information content (AvgIpc) is 2.40. The second-order valence-corrected chi connectivity index (χ2v) is 7.13. The summed E-state index contributed by atoms with van der Waals surface area (Å²) in [6, 6.07) is 11.1. The molecule has 0 aliphatic carbocycles. The summed E-state index contributed by atoms with van der Waals surface area (Å²) in [4.78, 5) is 0.227. The Kier molecular flexibility index (Phi) is 4.56. The van der Waals surface area contributed by atoms with Crippen molar-refractivity contribution in [3.05, 3.63) is 53.1 Å². The Morgan fingerprint density at radius 2 is 1.76 bits per heavy atom. The SMILES string of the molecule is C[C@H](O)c1ccc(Oc2ccc(S(C)(=O)=O)cc2)c(Cl)c1. The van der Waals surface area contributed by atoms with E-state index in [0.717, 1.165) is 6.26 Å². The Bertz CT molecular complexity index is 737. The van der Waals surface area contributed by atoms with Gasteiger partial charge in [-0.25, -0.2) is 8.42 Å². The van der Waals surface area contributed by atoms with Gasteiger partial charge in [0, 0.05) is 6.26 Å². The van der Waals surface area contributed by atoms with Crippen LogP contribution in [0.3, 0.4) is 0 Å². The van der Waals surface area contributed by atoms with Crippen LogP contribution < -0.4 is 4.74 Å². The maximum absolute atomic E-state index is 11.4. The Hall–Kier alpha value is -1.56.